The van der Waals surface area contributed by atoms with Crippen LogP contribution in [0.4, 0.5) is 8.78 Å². The van der Waals surface area contributed by atoms with Gasteiger partial charge in [0.2, 0.25) is 0 Å². The van der Waals surface area contributed by atoms with Crippen molar-refractivity contribution >= 4 is 33.9 Å². The standard InChI is InChI=1S/C20H17BrF2N2O4/c1-11(27)5-12-6-16(22)18(17(23)7-12)20(28)24-9-15(10-26)25(29)19(24)13-3-2-4-14(21)8-13/h2-4,6-8,10,15,19,29H,5,9H2,1H3. The molecule has 0 radical (unpaired) electrons. The highest BCUT2D eigenvalue weighted by Crippen LogP contribution is 2.34. The first-order valence-corrected chi connectivity index (χ1v) is 9.48. The van der Waals surface area contributed by atoms with Crippen molar-refractivity contribution in [1.82, 2.24) is 9.96 Å². The first-order chi connectivity index (χ1) is 13.7. The second-order valence-corrected chi connectivity index (χ2v) is 7.70. The van der Waals surface area contributed by atoms with Crippen molar-refractivity contribution in [1.29, 1.82) is 0 Å². The Morgan fingerprint density at radius 1 is 1.24 bits per heavy atom. The molecule has 29 heavy (non-hydrogen) atoms. The molecule has 1 aliphatic heterocycles. The Hall–Kier alpha value is -2.49. The Kier molecular flexibility index (Phi) is 6.21. The molecule has 1 fully saturated rings. The van der Waals surface area contributed by atoms with E-state index >= 15 is 0 Å². The molecule has 9 heteroatoms. The zero-order valence-electron chi connectivity index (χ0n) is 15.3. The summed E-state index contributed by atoms with van der Waals surface area (Å²) >= 11 is 3.29. The molecule has 152 valence electrons. The lowest BCUT2D eigenvalue weighted by Gasteiger charge is -2.27. The number of halogens is 3. The predicted molar refractivity (Wildman–Crippen MR) is 102 cm³/mol. The van der Waals surface area contributed by atoms with Gasteiger partial charge in [-0.15, -0.1) is 0 Å². The minimum Gasteiger partial charge on any atom is -0.314 e. The van der Waals surface area contributed by atoms with Gasteiger partial charge in [-0.3, -0.25) is 9.59 Å². The van der Waals surface area contributed by atoms with Gasteiger partial charge in [0.1, 0.15) is 41.5 Å². The van der Waals surface area contributed by atoms with Crippen molar-refractivity contribution in [2.75, 3.05) is 6.54 Å². The number of hydrogen-bond acceptors (Lipinski definition) is 5. The van der Waals surface area contributed by atoms with E-state index in [0.717, 1.165) is 17.0 Å². The molecule has 1 heterocycles. The lowest BCUT2D eigenvalue weighted by atomic mass is 10.0. The quantitative estimate of drug-likeness (QED) is 0.684. The normalized spacial score (nSPS) is 19.4. The van der Waals surface area contributed by atoms with E-state index in [1.807, 2.05) is 0 Å². The molecule has 3 rings (SSSR count). The number of aldehydes is 1. The van der Waals surface area contributed by atoms with Gasteiger partial charge in [-0.05, 0) is 42.3 Å². The highest BCUT2D eigenvalue weighted by Gasteiger charge is 2.43. The monoisotopic (exact) mass is 466 g/mol. The Labute approximate surface area is 173 Å². The van der Waals surface area contributed by atoms with E-state index in [2.05, 4.69) is 15.9 Å². The summed E-state index contributed by atoms with van der Waals surface area (Å²) in [6, 6.07) is 7.48. The second-order valence-electron chi connectivity index (χ2n) is 6.78. The van der Waals surface area contributed by atoms with Crippen LogP contribution in [0.25, 0.3) is 0 Å². The van der Waals surface area contributed by atoms with E-state index in [-0.39, 0.29) is 24.3 Å². The number of carbonyl (C=O) groups excluding carboxylic acids is 3. The molecule has 1 N–H and O–H groups in total. The molecule has 2 aromatic rings. The van der Waals surface area contributed by atoms with Crippen LogP contribution in [-0.2, 0) is 16.0 Å². The number of Topliss-reactive ketones (excluding diaryl/α,β-unsaturated/α-hetero) is 1. The predicted octanol–water partition coefficient (Wildman–Crippen LogP) is 3.27. The summed E-state index contributed by atoms with van der Waals surface area (Å²) in [7, 11) is 0. The van der Waals surface area contributed by atoms with Gasteiger partial charge in [0, 0.05) is 17.4 Å². The Bertz CT molecular complexity index is 962. The van der Waals surface area contributed by atoms with Crippen LogP contribution < -0.4 is 0 Å². The maximum absolute atomic E-state index is 14.6. The first kappa shape index (κ1) is 21.2. The van der Waals surface area contributed by atoms with Crippen LogP contribution in [-0.4, -0.2) is 45.7 Å². The van der Waals surface area contributed by atoms with Crippen LogP contribution in [0.5, 0.6) is 0 Å². The lowest BCUT2D eigenvalue weighted by Crippen LogP contribution is -2.35. The van der Waals surface area contributed by atoms with E-state index in [4.69, 9.17) is 0 Å². The Balaban J connectivity index is 2.02. The van der Waals surface area contributed by atoms with E-state index < -0.39 is 35.3 Å². The molecule has 0 saturated carbocycles. The summed E-state index contributed by atoms with van der Waals surface area (Å²) in [5.41, 5.74) is -0.241. The van der Waals surface area contributed by atoms with Crippen molar-refractivity contribution in [3.63, 3.8) is 0 Å². The molecule has 1 saturated heterocycles. The third-order valence-electron chi connectivity index (χ3n) is 4.60. The summed E-state index contributed by atoms with van der Waals surface area (Å²) in [6.45, 7) is 1.04. The van der Waals surface area contributed by atoms with Crippen LogP contribution in [0.1, 0.15) is 34.6 Å². The van der Waals surface area contributed by atoms with Crippen LogP contribution in [0.2, 0.25) is 0 Å². The average Bonchev–Trinajstić information content (AvgIpc) is 2.97. The highest BCUT2D eigenvalue weighted by atomic mass is 79.9. The summed E-state index contributed by atoms with van der Waals surface area (Å²) in [5, 5.41) is 11.1. The fourth-order valence-corrected chi connectivity index (χ4v) is 3.79. The number of nitrogens with zero attached hydrogens (tertiary/aromatic N) is 2. The van der Waals surface area contributed by atoms with Gasteiger partial charge in [0.05, 0.1) is 0 Å². The van der Waals surface area contributed by atoms with Crippen LogP contribution >= 0.6 is 15.9 Å². The molecule has 0 spiro atoms. The average molecular weight is 467 g/mol. The zero-order valence-corrected chi connectivity index (χ0v) is 16.9. The Morgan fingerprint density at radius 2 is 1.90 bits per heavy atom. The molecular weight excluding hydrogens is 450 g/mol. The van der Waals surface area contributed by atoms with E-state index in [1.165, 1.54) is 6.92 Å². The summed E-state index contributed by atoms with van der Waals surface area (Å²) in [4.78, 5) is 36.6. The number of hydrogen-bond donors (Lipinski definition) is 1. The maximum Gasteiger partial charge on any atom is 0.261 e. The maximum atomic E-state index is 14.6. The second kappa shape index (κ2) is 8.48. The van der Waals surface area contributed by atoms with Crippen molar-refractivity contribution in [2.45, 2.75) is 25.6 Å². The number of benzene rings is 2. The summed E-state index contributed by atoms with van der Waals surface area (Å²) in [6.07, 6.45) is -0.809. The van der Waals surface area contributed by atoms with Gasteiger partial charge in [0.25, 0.3) is 5.91 Å². The smallest absolute Gasteiger partial charge is 0.261 e. The molecule has 0 bridgehead atoms. The summed E-state index contributed by atoms with van der Waals surface area (Å²) in [5.74, 6) is -3.51. The zero-order chi connectivity index (χ0) is 21.3. The van der Waals surface area contributed by atoms with Gasteiger partial charge in [-0.1, -0.05) is 28.1 Å². The van der Waals surface area contributed by atoms with Crippen molar-refractivity contribution in [2.24, 2.45) is 0 Å². The molecule has 0 aromatic heterocycles. The van der Waals surface area contributed by atoms with Gasteiger partial charge >= 0.3 is 0 Å². The van der Waals surface area contributed by atoms with E-state index in [1.54, 1.807) is 24.3 Å². The van der Waals surface area contributed by atoms with Crippen molar-refractivity contribution < 1.29 is 28.4 Å². The minimum absolute atomic E-state index is 0.114. The number of amides is 1. The molecule has 2 unspecified atom stereocenters. The first-order valence-electron chi connectivity index (χ1n) is 8.69. The number of hydroxylamine groups is 2. The number of carbonyl (C=O) groups is 3. The topological polar surface area (TPSA) is 77.9 Å². The third-order valence-corrected chi connectivity index (χ3v) is 5.10. The van der Waals surface area contributed by atoms with Gasteiger partial charge in [-0.25, -0.2) is 8.78 Å². The number of rotatable bonds is 5. The van der Waals surface area contributed by atoms with Crippen LogP contribution in [0, 0.1) is 11.6 Å². The van der Waals surface area contributed by atoms with Gasteiger partial charge < -0.3 is 14.9 Å². The molecule has 6 nitrogen and oxygen atoms in total. The molecule has 2 atom stereocenters. The molecule has 1 amide bonds. The van der Waals surface area contributed by atoms with Crippen LogP contribution in [0.3, 0.4) is 0 Å². The van der Waals surface area contributed by atoms with E-state index in [9.17, 15) is 28.4 Å². The largest absolute Gasteiger partial charge is 0.314 e. The van der Waals surface area contributed by atoms with Gasteiger partial charge in [-0.2, -0.15) is 5.06 Å². The van der Waals surface area contributed by atoms with Crippen molar-refractivity contribution in [3.05, 3.63) is 69.2 Å². The number of ketones is 1. The molecule has 1 aliphatic rings. The SMILES string of the molecule is CC(=O)Cc1cc(F)c(C(=O)N2CC(C=O)N(O)C2c2cccc(Br)c2)c(F)c1. The van der Waals surface area contributed by atoms with Crippen LogP contribution in [0.15, 0.2) is 40.9 Å². The fraction of sp³-hybridized carbons (Fsp3) is 0.250. The van der Waals surface area contributed by atoms with E-state index in [0.29, 0.717) is 21.4 Å². The van der Waals surface area contributed by atoms with Gasteiger partial charge in [0.15, 0.2) is 0 Å². The molecule has 0 aliphatic carbocycles. The Morgan fingerprint density at radius 3 is 2.45 bits per heavy atom. The highest BCUT2D eigenvalue weighted by molar-refractivity contribution is 9.10. The fourth-order valence-electron chi connectivity index (χ4n) is 3.37. The minimum atomic E-state index is -1.11. The molecule has 2 aromatic carbocycles. The van der Waals surface area contributed by atoms with Crippen molar-refractivity contribution in [3.8, 4) is 0 Å². The lowest BCUT2D eigenvalue weighted by molar-refractivity contribution is -0.154. The molecular formula is C20H17BrF2N2O4. The third kappa shape index (κ3) is 4.26. The summed E-state index contributed by atoms with van der Waals surface area (Å²) < 4.78 is 29.8.